The van der Waals surface area contributed by atoms with Crippen LogP contribution in [0.5, 0.6) is 5.75 Å². The lowest BCUT2D eigenvalue weighted by molar-refractivity contribution is -0.153. The van der Waals surface area contributed by atoms with E-state index in [0.717, 1.165) is 30.6 Å². The molecule has 1 aromatic heterocycles. The Morgan fingerprint density at radius 1 is 1.31 bits per heavy atom. The van der Waals surface area contributed by atoms with Crippen molar-refractivity contribution in [2.45, 2.75) is 69.4 Å². The summed E-state index contributed by atoms with van der Waals surface area (Å²) >= 11 is 2.06. The van der Waals surface area contributed by atoms with Crippen molar-refractivity contribution in [3.63, 3.8) is 0 Å². The molecule has 2 fully saturated rings. The Morgan fingerprint density at radius 3 is 2.71 bits per heavy atom. The van der Waals surface area contributed by atoms with Gasteiger partial charge >= 0.3 is 5.97 Å². The van der Waals surface area contributed by atoms with E-state index in [9.17, 15) is 15.0 Å². The number of rotatable bonds is 11. The lowest BCUT2D eigenvalue weighted by Crippen LogP contribution is -2.45. The SMILES string of the molecule is COc1ccc2ncc(CO)c([C@H](F)CCC3(C(=O)O)CCN(CCSC4CCCC4)CC3)c2c1. The van der Waals surface area contributed by atoms with E-state index in [1.165, 1.54) is 31.9 Å². The Morgan fingerprint density at radius 2 is 2.06 bits per heavy atom. The number of carboxylic acid groups (broad SMARTS) is 1. The quantitative estimate of drug-likeness (QED) is 0.426. The van der Waals surface area contributed by atoms with Gasteiger partial charge in [0.25, 0.3) is 0 Å². The van der Waals surface area contributed by atoms with E-state index in [1.807, 2.05) is 0 Å². The molecule has 2 heterocycles. The van der Waals surface area contributed by atoms with Crippen LogP contribution in [0.15, 0.2) is 24.4 Å². The molecule has 6 nitrogen and oxygen atoms in total. The highest BCUT2D eigenvalue weighted by molar-refractivity contribution is 7.99. The van der Waals surface area contributed by atoms with E-state index in [-0.39, 0.29) is 19.4 Å². The number of piperidine rings is 1. The van der Waals surface area contributed by atoms with E-state index in [0.29, 0.717) is 40.6 Å². The third-order valence-electron chi connectivity index (χ3n) is 7.89. The number of aliphatic hydroxyl groups excluding tert-OH is 1. The highest BCUT2D eigenvalue weighted by Gasteiger charge is 2.41. The maximum absolute atomic E-state index is 15.7. The van der Waals surface area contributed by atoms with E-state index in [2.05, 4.69) is 21.6 Å². The second kappa shape index (κ2) is 11.9. The van der Waals surface area contributed by atoms with Crippen LogP contribution in [0, 0.1) is 5.41 Å². The molecule has 1 saturated carbocycles. The second-order valence-electron chi connectivity index (χ2n) is 9.95. The number of fused-ring (bicyclic) bond motifs is 1. The summed E-state index contributed by atoms with van der Waals surface area (Å²) in [6.45, 7) is 2.15. The molecule has 2 N–H and O–H groups in total. The van der Waals surface area contributed by atoms with Crippen molar-refractivity contribution in [2.24, 2.45) is 5.41 Å². The zero-order valence-corrected chi connectivity index (χ0v) is 21.4. The zero-order chi connectivity index (χ0) is 24.8. The standard InChI is InChI=1S/C27H37FN2O4S/c1-34-20-6-7-24-22(16-20)25(19(18-31)17-29-24)23(28)8-9-27(26(32)33)10-12-30(13-11-27)14-15-35-21-4-2-3-5-21/h6-7,16-17,21,23,31H,2-5,8-15,18H2,1H3,(H,32,33)/t23-/m1/s1. The maximum atomic E-state index is 15.7. The van der Waals surface area contributed by atoms with Gasteiger partial charge in [-0.05, 0) is 69.8 Å². The molecule has 1 saturated heterocycles. The number of thioether (sulfide) groups is 1. The van der Waals surface area contributed by atoms with Gasteiger partial charge in [0.2, 0.25) is 0 Å². The molecule has 0 bridgehead atoms. The monoisotopic (exact) mass is 504 g/mol. The molecular weight excluding hydrogens is 467 g/mol. The van der Waals surface area contributed by atoms with Crippen molar-refractivity contribution in [1.82, 2.24) is 9.88 Å². The number of alkyl halides is 1. The summed E-state index contributed by atoms with van der Waals surface area (Å²) in [5.41, 5.74) is 0.534. The molecule has 4 rings (SSSR count). The lowest BCUT2D eigenvalue weighted by atomic mass is 9.74. The van der Waals surface area contributed by atoms with Crippen molar-refractivity contribution in [3.8, 4) is 5.75 Å². The smallest absolute Gasteiger partial charge is 0.309 e. The molecule has 192 valence electrons. The first kappa shape index (κ1) is 26.2. The van der Waals surface area contributed by atoms with E-state index >= 15 is 4.39 Å². The summed E-state index contributed by atoms with van der Waals surface area (Å²) in [4.78, 5) is 19.0. The molecule has 1 aliphatic heterocycles. The molecule has 2 aliphatic rings. The average molecular weight is 505 g/mol. The van der Waals surface area contributed by atoms with Gasteiger partial charge in [0, 0.05) is 40.3 Å². The number of ether oxygens (including phenoxy) is 1. The predicted molar refractivity (Wildman–Crippen MR) is 138 cm³/mol. The fraction of sp³-hybridized carbons (Fsp3) is 0.630. The number of aliphatic carboxylic acids is 1. The number of aliphatic hydroxyl groups is 1. The first-order chi connectivity index (χ1) is 17.0. The minimum Gasteiger partial charge on any atom is -0.497 e. The topological polar surface area (TPSA) is 82.9 Å². The minimum atomic E-state index is -1.40. The summed E-state index contributed by atoms with van der Waals surface area (Å²) in [5.74, 6) is 0.858. The van der Waals surface area contributed by atoms with Crippen molar-refractivity contribution in [1.29, 1.82) is 0 Å². The van der Waals surface area contributed by atoms with Gasteiger partial charge in [0.05, 0.1) is 24.6 Å². The lowest BCUT2D eigenvalue weighted by Gasteiger charge is -2.39. The third-order valence-corrected chi connectivity index (χ3v) is 9.25. The zero-order valence-electron chi connectivity index (χ0n) is 20.5. The molecule has 1 aliphatic carbocycles. The summed E-state index contributed by atoms with van der Waals surface area (Å²) in [6, 6.07) is 5.27. The van der Waals surface area contributed by atoms with Crippen LogP contribution in [0.4, 0.5) is 4.39 Å². The first-order valence-electron chi connectivity index (χ1n) is 12.7. The highest BCUT2D eigenvalue weighted by Crippen LogP contribution is 2.41. The summed E-state index contributed by atoms with van der Waals surface area (Å²) in [7, 11) is 1.55. The van der Waals surface area contributed by atoms with Crippen LogP contribution in [0.3, 0.4) is 0 Å². The Balaban J connectivity index is 1.40. The number of carbonyl (C=O) groups is 1. The van der Waals surface area contributed by atoms with Gasteiger partial charge in [0.15, 0.2) is 0 Å². The Labute approximate surface area is 211 Å². The highest BCUT2D eigenvalue weighted by atomic mass is 32.2. The number of carboxylic acids is 1. The van der Waals surface area contributed by atoms with E-state index in [1.54, 1.807) is 25.3 Å². The number of halogens is 1. The predicted octanol–water partition coefficient (Wildman–Crippen LogP) is 5.37. The third kappa shape index (κ3) is 6.09. The average Bonchev–Trinajstić information content (AvgIpc) is 3.40. The van der Waals surface area contributed by atoms with Crippen LogP contribution in [-0.4, -0.2) is 63.8 Å². The van der Waals surface area contributed by atoms with Gasteiger partial charge < -0.3 is 19.8 Å². The molecule has 2 aromatic rings. The van der Waals surface area contributed by atoms with Crippen molar-refractivity contribution in [3.05, 3.63) is 35.5 Å². The fourth-order valence-electron chi connectivity index (χ4n) is 5.58. The van der Waals surface area contributed by atoms with Gasteiger partial charge in [0.1, 0.15) is 11.9 Å². The molecule has 35 heavy (non-hydrogen) atoms. The molecular formula is C27H37FN2O4S. The fourth-order valence-corrected chi connectivity index (χ4v) is 6.95. The van der Waals surface area contributed by atoms with Crippen LogP contribution >= 0.6 is 11.8 Å². The van der Waals surface area contributed by atoms with Gasteiger partial charge in [-0.25, -0.2) is 4.39 Å². The number of hydrogen-bond donors (Lipinski definition) is 2. The normalized spacial score (nSPS) is 19.7. The van der Waals surface area contributed by atoms with Crippen molar-refractivity contribution in [2.75, 3.05) is 32.5 Å². The molecule has 0 unspecified atom stereocenters. The number of methoxy groups -OCH3 is 1. The van der Waals surface area contributed by atoms with Crippen molar-refractivity contribution < 1.29 is 24.1 Å². The van der Waals surface area contributed by atoms with Gasteiger partial charge in [-0.1, -0.05) is 12.8 Å². The largest absolute Gasteiger partial charge is 0.497 e. The van der Waals surface area contributed by atoms with Gasteiger partial charge in [-0.2, -0.15) is 11.8 Å². The number of pyridine rings is 1. The Bertz CT molecular complexity index is 1000. The molecule has 1 aromatic carbocycles. The summed E-state index contributed by atoms with van der Waals surface area (Å²) in [5, 5.41) is 21.3. The van der Waals surface area contributed by atoms with E-state index in [4.69, 9.17) is 4.74 Å². The number of benzene rings is 1. The number of likely N-dealkylation sites (tertiary alicyclic amines) is 1. The minimum absolute atomic E-state index is 0.0904. The molecule has 0 amide bonds. The van der Waals surface area contributed by atoms with Crippen LogP contribution in [-0.2, 0) is 11.4 Å². The van der Waals surface area contributed by atoms with Crippen LogP contribution in [0.25, 0.3) is 10.9 Å². The Hall–Kier alpha value is -1.90. The van der Waals surface area contributed by atoms with E-state index < -0.39 is 17.6 Å². The van der Waals surface area contributed by atoms with Crippen LogP contribution in [0.1, 0.15) is 68.7 Å². The maximum Gasteiger partial charge on any atom is 0.309 e. The van der Waals surface area contributed by atoms with Crippen molar-refractivity contribution >= 4 is 28.6 Å². The van der Waals surface area contributed by atoms with Gasteiger partial charge in [-0.15, -0.1) is 0 Å². The van der Waals surface area contributed by atoms with Gasteiger partial charge in [-0.3, -0.25) is 9.78 Å². The molecule has 1 atom stereocenters. The summed E-state index contributed by atoms with van der Waals surface area (Å²) < 4.78 is 21.0. The number of hydrogen-bond acceptors (Lipinski definition) is 6. The first-order valence-corrected chi connectivity index (χ1v) is 13.8. The molecule has 0 radical (unpaired) electrons. The summed E-state index contributed by atoms with van der Waals surface area (Å²) in [6.07, 6.45) is 6.91. The molecule has 0 spiro atoms. The Kier molecular flexibility index (Phi) is 8.89. The number of aromatic nitrogens is 1. The van der Waals surface area contributed by atoms with Crippen LogP contribution < -0.4 is 4.74 Å². The second-order valence-corrected chi connectivity index (χ2v) is 11.4. The number of nitrogens with zero attached hydrogens (tertiary/aromatic N) is 2. The molecule has 8 heteroatoms. The van der Waals surface area contributed by atoms with Crippen LogP contribution in [0.2, 0.25) is 0 Å².